The van der Waals surface area contributed by atoms with Crippen LogP contribution in [0.3, 0.4) is 0 Å². The summed E-state index contributed by atoms with van der Waals surface area (Å²) in [6.45, 7) is 0.761. The number of ether oxygens (including phenoxy) is 2. The van der Waals surface area contributed by atoms with Crippen LogP contribution in [0.15, 0.2) is 29.3 Å². The number of thioether (sulfide) groups is 1. The Bertz CT molecular complexity index is 423. The van der Waals surface area contributed by atoms with Crippen molar-refractivity contribution in [3.63, 3.8) is 0 Å². The third-order valence-corrected chi connectivity index (χ3v) is 3.75. The molecule has 0 saturated heterocycles. The Hall–Kier alpha value is -1.20. The molecule has 0 bridgehead atoms. The van der Waals surface area contributed by atoms with E-state index in [4.69, 9.17) is 9.47 Å². The van der Waals surface area contributed by atoms with Gasteiger partial charge in [-0.15, -0.1) is 0 Å². The van der Waals surface area contributed by atoms with Gasteiger partial charge in [0.25, 0.3) is 0 Å². The van der Waals surface area contributed by atoms with Gasteiger partial charge in [0.1, 0.15) is 5.75 Å². The molecule has 18 heavy (non-hydrogen) atoms. The third-order valence-electron chi connectivity index (χ3n) is 2.72. The monoisotopic (exact) mass is 266 g/mol. The quantitative estimate of drug-likeness (QED) is 0.889. The van der Waals surface area contributed by atoms with E-state index in [0.29, 0.717) is 6.04 Å². The second-order valence-corrected chi connectivity index (χ2v) is 5.01. The van der Waals surface area contributed by atoms with Gasteiger partial charge in [-0.25, -0.2) is 0 Å². The number of para-hydroxylation sites is 2. The van der Waals surface area contributed by atoms with Gasteiger partial charge < -0.3 is 14.8 Å². The zero-order chi connectivity index (χ0) is 12.8. The molecule has 1 aliphatic rings. The molecule has 0 fully saturated rings. The zero-order valence-electron chi connectivity index (χ0n) is 10.7. The first-order valence-electron chi connectivity index (χ1n) is 5.93. The van der Waals surface area contributed by atoms with Gasteiger partial charge in [0.2, 0.25) is 0 Å². The zero-order valence-corrected chi connectivity index (χ0v) is 11.5. The first kappa shape index (κ1) is 13.2. The van der Waals surface area contributed by atoms with Crippen LogP contribution in [0.5, 0.6) is 5.75 Å². The van der Waals surface area contributed by atoms with Crippen LogP contribution >= 0.6 is 11.8 Å². The fourth-order valence-electron chi connectivity index (χ4n) is 1.75. The summed E-state index contributed by atoms with van der Waals surface area (Å²) in [6.07, 6.45) is 0.973. The van der Waals surface area contributed by atoms with E-state index in [0.717, 1.165) is 35.4 Å². The van der Waals surface area contributed by atoms with Crippen LogP contribution in [0.1, 0.15) is 6.42 Å². The number of hydrogen-bond acceptors (Lipinski definition) is 5. The number of methoxy groups -OCH3 is 2. The van der Waals surface area contributed by atoms with Crippen molar-refractivity contribution in [1.82, 2.24) is 0 Å². The lowest BCUT2D eigenvalue weighted by atomic mass is 10.2. The van der Waals surface area contributed by atoms with E-state index in [1.165, 1.54) is 0 Å². The highest BCUT2D eigenvalue weighted by Gasteiger charge is 2.18. The van der Waals surface area contributed by atoms with Gasteiger partial charge in [0.15, 0.2) is 5.17 Å². The summed E-state index contributed by atoms with van der Waals surface area (Å²) in [4.78, 5) is 4.63. The highest BCUT2D eigenvalue weighted by Crippen LogP contribution is 2.27. The van der Waals surface area contributed by atoms with Crippen molar-refractivity contribution in [3.05, 3.63) is 24.3 Å². The maximum absolute atomic E-state index is 5.30. The smallest absolute Gasteiger partial charge is 0.161 e. The molecule has 0 spiro atoms. The van der Waals surface area contributed by atoms with Gasteiger partial charge >= 0.3 is 0 Å². The van der Waals surface area contributed by atoms with E-state index in [2.05, 4.69) is 10.3 Å². The predicted octanol–water partition coefficient (Wildman–Crippen LogP) is 2.62. The SMILES string of the molecule is COCCC1CSC(Nc2ccccc2OC)=N1. The highest BCUT2D eigenvalue weighted by molar-refractivity contribution is 8.14. The molecule has 0 saturated carbocycles. The van der Waals surface area contributed by atoms with Gasteiger partial charge in [-0.2, -0.15) is 0 Å². The minimum absolute atomic E-state index is 0.354. The van der Waals surface area contributed by atoms with Crippen LogP contribution in [0, 0.1) is 0 Å². The standard InChI is InChI=1S/C13H18N2O2S/c1-16-8-7-10-9-18-13(14-10)15-11-5-3-4-6-12(11)17-2/h3-6,10H,7-9H2,1-2H3,(H,14,15). The lowest BCUT2D eigenvalue weighted by molar-refractivity contribution is 0.190. The molecule has 0 radical (unpaired) electrons. The number of benzene rings is 1. The molecule has 0 aromatic heterocycles. The Balaban J connectivity index is 1.97. The van der Waals surface area contributed by atoms with Crippen LogP contribution in [-0.2, 0) is 4.74 Å². The van der Waals surface area contributed by atoms with E-state index < -0.39 is 0 Å². The Morgan fingerprint density at radius 3 is 3.00 bits per heavy atom. The Kier molecular flexibility index (Phi) is 4.90. The molecule has 98 valence electrons. The van der Waals surface area contributed by atoms with E-state index in [1.807, 2.05) is 24.3 Å². The van der Waals surface area contributed by atoms with Crippen molar-refractivity contribution in [3.8, 4) is 5.75 Å². The van der Waals surface area contributed by atoms with Crippen molar-refractivity contribution >= 4 is 22.6 Å². The number of rotatable bonds is 5. The second kappa shape index (κ2) is 6.66. The molecule has 2 rings (SSSR count). The predicted molar refractivity (Wildman–Crippen MR) is 76.8 cm³/mol. The molecule has 1 N–H and O–H groups in total. The summed E-state index contributed by atoms with van der Waals surface area (Å²) in [5.41, 5.74) is 0.957. The Morgan fingerprint density at radius 2 is 2.22 bits per heavy atom. The van der Waals surface area contributed by atoms with Gasteiger partial charge in [-0.3, -0.25) is 4.99 Å². The molecule has 1 unspecified atom stereocenters. The molecule has 4 nitrogen and oxygen atoms in total. The summed E-state index contributed by atoms with van der Waals surface area (Å²) >= 11 is 1.74. The molecule has 0 aliphatic carbocycles. The topological polar surface area (TPSA) is 42.8 Å². The van der Waals surface area contributed by atoms with Crippen LogP contribution in [0.2, 0.25) is 0 Å². The van der Waals surface area contributed by atoms with Gasteiger partial charge in [0.05, 0.1) is 18.8 Å². The molecule has 1 atom stereocenters. The van der Waals surface area contributed by atoms with Crippen molar-refractivity contribution in [2.24, 2.45) is 4.99 Å². The average Bonchev–Trinajstić information content (AvgIpc) is 2.84. The van der Waals surface area contributed by atoms with Crippen LogP contribution < -0.4 is 10.1 Å². The summed E-state index contributed by atoms with van der Waals surface area (Å²) in [5.74, 6) is 1.85. The summed E-state index contributed by atoms with van der Waals surface area (Å²) in [6, 6.07) is 8.21. The number of nitrogens with zero attached hydrogens (tertiary/aromatic N) is 1. The lowest BCUT2D eigenvalue weighted by Crippen LogP contribution is -2.08. The Labute approximate surface area is 112 Å². The van der Waals surface area contributed by atoms with E-state index in [-0.39, 0.29) is 0 Å². The van der Waals surface area contributed by atoms with Crippen molar-refractivity contribution in [1.29, 1.82) is 0 Å². The maximum Gasteiger partial charge on any atom is 0.161 e. The largest absolute Gasteiger partial charge is 0.495 e. The van der Waals surface area contributed by atoms with E-state index in [1.54, 1.807) is 26.0 Å². The molecule has 0 amide bonds. The molecule has 1 aromatic carbocycles. The van der Waals surface area contributed by atoms with Crippen LogP contribution in [0.25, 0.3) is 0 Å². The van der Waals surface area contributed by atoms with Gasteiger partial charge in [-0.1, -0.05) is 23.9 Å². The molecule has 5 heteroatoms. The molecular weight excluding hydrogens is 248 g/mol. The third kappa shape index (κ3) is 3.40. The van der Waals surface area contributed by atoms with E-state index >= 15 is 0 Å². The van der Waals surface area contributed by atoms with Gasteiger partial charge in [-0.05, 0) is 18.6 Å². The second-order valence-electron chi connectivity index (χ2n) is 4.01. The number of nitrogens with one attached hydrogen (secondary N) is 1. The summed E-state index contributed by atoms with van der Waals surface area (Å²) < 4.78 is 10.4. The fraction of sp³-hybridized carbons (Fsp3) is 0.462. The highest BCUT2D eigenvalue weighted by atomic mass is 32.2. The minimum Gasteiger partial charge on any atom is -0.495 e. The Morgan fingerprint density at radius 1 is 1.39 bits per heavy atom. The van der Waals surface area contributed by atoms with Crippen molar-refractivity contribution in [2.75, 3.05) is 31.9 Å². The molecule has 1 heterocycles. The normalized spacial score (nSPS) is 18.6. The lowest BCUT2D eigenvalue weighted by Gasteiger charge is -2.09. The first-order valence-corrected chi connectivity index (χ1v) is 6.91. The maximum atomic E-state index is 5.30. The van der Waals surface area contributed by atoms with Crippen molar-refractivity contribution in [2.45, 2.75) is 12.5 Å². The summed E-state index contributed by atoms with van der Waals surface area (Å²) in [7, 11) is 3.39. The molecule has 1 aromatic rings. The summed E-state index contributed by atoms with van der Waals surface area (Å²) in [5, 5.41) is 4.27. The average molecular weight is 266 g/mol. The number of amidine groups is 1. The number of aliphatic imine (C=N–C) groups is 1. The molecular formula is C13H18N2O2S. The van der Waals surface area contributed by atoms with Gasteiger partial charge in [0, 0.05) is 19.5 Å². The van der Waals surface area contributed by atoms with Crippen molar-refractivity contribution < 1.29 is 9.47 Å². The van der Waals surface area contributed by atoms with Crippen LogP contribution in [-0.4, -0.2) is 37.8 Å². The van der Waals surface area contributed by atoms with Crippen LogP contribution in [0.4, 0.5) is 5.69 Å². The first-order chi connectivity index (χ1) is 8.83. The van der Waals surface area contributed by atoms with E-state index in [9.17, 15) is 0 Å². The fourth-order valence-corrected chi connectivity index (χ4v) is 2.75. The molecule has 1 aliphatic heterocycles. The minimum atomic E-state index is 0.354. The number of hydrogen-bond donors (Lipinski definition) is 1. The number of anilines is 1.